The zero-order valence-corrected chi connectivity index (χ0v) is 17.3. The van der Waals surface area contributed by atoms with Crippen LogP contribution in [0.2, 0.25) is 5.02 Å². The van der Waals surface area contributed by atoms with Crippen molar-refractivity contribution in [3.8, 4) is 5.75 Å². The Bertz CT molecular complexity index is 1260. The molecule has 1 aromatic rings. The van der Waals surface area contributed by atoms with E-state index in [9.17, 15) is 39.9 Å². The number of phenols is 1. The standard InChI is InChI=1S/C21H21ClN2O8/c1-24(2)14-7-5-6-10(16(27)12-9(25)4-3-8(22)11(12)15(6)26)18(29)21(7,32)19(30)13(17(14)28)20(23)31/h3-4,6-7,14-15,25-27,30,32H,5H2,1-2H3,(H2,23,31)/t6-,7-,14-,15-,21-/m0/s1/i1D3. The largest absolute Gasteiger partial charge is 0.508 e. The molecule has 32 heavy (non-hydrogen) atoms. The van der Waals surface area contributed by atoms with Gasteiger partial charge in [0.15, 0.2) is 11.4 Å². The summed E-state index contributed by atoms with van der Waals surface area (Å²) in [6, 6.07) is 0.520. The number of aliphatic hydroxyl groups is 4. The molecular formula is C21H21ClN2O8. The average molecular weight is 468 g/mol. The molecule has 0 bridgehead atoms. The first-order chi connectivity index (χ1) is 16.1. The van der Waals surface area contributed by atoms with E-state index in [1.54, 1.807) is 0 Å². The molecule has 10 nitrogen and oxygen atoms in total. The molecule has 3 aliphatic carbocycles. The van der Waals surface area contributed by atoms with Gasteiger partial charge in [-0.3, -0.25) is 19.3 Å². The Morgan fingerprint density at radius 2 is 1.97 bits per heavy atom. The zero-order chi connectivity index (χ0) is 26.4. The van der Waals surface area contributed by atoms with Gasteiger partial charge in [0.1, 0.15) is 22.8 Å². The molecule has 0 spiro atoms. The van der Waals surface area contributed by atoms with E-state index in [1.807, 2.05) is 0 Å². The molecule has 1 aromatic carbocycles. The van der Waals surface area contributed by atoms with Gasteiger partial charge in [-0.2, -0.15) is 0 Å². The lowest BCUT2D eigenvalue weighted by molar-refractivity contribution is -0.155. The van der Waals surface area contributed by atoms with Gasteiger partial charge in [0.25, 0.3) is 5.91 Å². The number of Topliss-reactive ketones (excluding diaryl/α,β-unsaturated/α-hetero) is 2. The summed E-state index contributed by atoms with van der Waals surface area (Å²) in [6.07, 6.45) is -2.12. The summed E-state index contributed by atoms with van der Waals surface area (Å²) < 4.78 is 23.1. The molecule has 0 aliphatic heterocycles. The molecular weight excluding hydrogens is 444 g/mol. The first-order valence-corrected chi connectivity index (χ1v) is 9.85. The summed E-state index contributed by atoms with van der Waals surface area (Å²) in [5, 5.41) is 54.5. The van der Waals surface area contributed by atoms with Crippen molar-refractivity contribution < 1.29 is 44.0 Å². The van der Waals surface area contributed by atoms with Crippen molar-refractivity contribution in [3.63, 3.8) is 0 Å². The third-order valence-electron chi connectivity index (χ3n) is 6.50. The first kappa shape index (κ1) is 18.6. The number of hydrogen-bond acceptors (Lipinski definition) is 9. The van der Waals surface area contributed by atoms with Crippen LogP contribution in [-0.2, 0) is 14.4 Å². The van der Waals surface area contributed by atoms with Crippen molar-refractivity contribution in [1.29, 1.82) is 0 Å². The van der Waals surface area contributed by atoms with Crippen LogP contribution < -0.4 is 5.73 Å². The fraction of sp³-hybridized carbons (Fsp3) is 0.381. The van der Waals surface area contributed by atoms with Gasteiger partial charge >= 0.3 is 0 Å². The number of nitrogens with two attached hydrogens (primary N) is 1. The van der Waals surface area contributed by atoms with Crippen molar-refractivity contribution in [2.24, 2.45) is 17.6 Å². The van der Waals surface area contributed by atoms with Crippen LogP contribution in [-0.4, -0.2) is 73.6 Å². The summed E-state index contributed by atoms with van der Waals surface area (Å²) in [6.45, 7) is -2.94. The number of ketones is 2. The van der Waals surface area contributed by atoms with Gasteiger partial charge in [-0.25, -0.2) is 0 Å². The number of aliphatic hydroxyl groups excluding tert-OH is 3. The van der Waals surface area contributed by atoms with E-state index in [0.29, 0.717) is 4.90 Å². The van der Waals surface area contributed by atoms with Gasteiger partial charge in [0, 0.05) is 32.1 Å². The molecule has 170 valence electrons. The van der Waals surface area contributed by atoms with E-state index in [0.717, 1.165) is 13.1 Å². The van der Waals surface area contributed by atoms with E-state index in [-0.39, 0.29) is 16.1 Å². The van der Waals surface area contributed by atoms with Gasteiger partial charge in [-0.05, 0) is 32.6 Å². The van der Waals surface area contributed by atoms with Crippen LogP contribution in [0.25, 0.3) is 5.76 Å². The minimum absolute atomic E-state index is 0.0566. The second-order valence-electron chi connectivity index (χ2n) is 8.11. The molecule has 0 radical (unpaired) electrons. The van der Waals surface area contributed by atoms with Crippen molar-refractivity contribution in [2.75, 3.05) is 14.0 Å². The van der Waals surface area contributed by atoms with Crippen LogP contribution in [0.1, 0.15) is 27.8 Å². The quantitative estimate of drug-likeness (QED) is 0.329. The number of hydrogen-bond donors (Lipinski definition) is 6. The summed E-state index contributed by atoms with van der Waals surface area (Å²) in [5.74, 6) is -9.87. The molecule has 0 heterocycles. The summed E-state index contributed by atoms with van der Waals surface area (Å²) in [4.78, 5) is 39.4. The second kappa shape index (κ2) is 7.04. The Morgan fingerprint density at radius 3 is 2.56 bits per heavy atom. The van der Waals surface area contributed by atoms with Crippen molar-refractivity contribution in [3.05, 3.63) is 45.2 Å². The molecule has 4 rings (SSSR count). The van der Waals surface area contributed by atoms with Crippen LogP contribution in [0.5, 0.6) is 5.75 Å². The van der Waals surface area contributed by atoms with Gasteiger partial charge in [-0.15, -0.1) is 0 Å². The van der Waals surface area contributed by atoms with Gasteiger partial charge < -0.3 is 31.3 Å². The number of phenolic OH excluding ortho intramolecular Hbond substituents is 1. The third kappa shape index (κ3) is 2.61. The molecule has 3 aliphatic rings. The number of aromatic hydroxyl groups is 1. The summed E-state index contributed by atoms with van der Waals surface area (Å²) in [5.41, 5.74) is -0.0607. The van der Waals surface area contributed by atoms with E-state index in [2.05, 4.69) is 0 Å². The number of carbonyl (C=O) groups is 3. The molecule has 1 fully saturated rings. The number of benzene rings is 1. The Kier molecular flexibility index (Phi) is 4.10. The number of carbonyl (C=O) groups excluding carboxylic acids is 3. The maximum Gasteiger partial charge on any atom is 0.255 e. The predicted octanol–water partition coefficient (Wildman–Crippen LogP) is 0.108. The van der Waals surface area contributed by atoms with Crippen LogP contribution in [0, 0.1) is 11.8 Å². The number of likely N-dealkylation sites (N-methyl/N-ethyl adjacent to an activating group) is 1. The van der Waals surface area contributed by atoms with E-state index in [4.69, 9.17) is 21.4 Å². The first-order valence-electron chi connectivity index (χ1n) is 11.0. The van der Waals surface area contributed by atoms with Gasteiger partial charge in [0.05, 0.1) is 17.7 Å². The van der Waals surface area contributed by atoms with Crippen LogP contribution in [0.4, 0.5) is 0 Å². The number of amides is 1. The zero-order valence-electron chi connectivity index (χ0n) is 19.5. The molecule has 5 atom stereocenters. The lowest BCUT2D eigenvalue weighted by atomic mass is 9.57. The lowest BCUT2D eigenvalue weighted by Crippen LogP contribution is -2.66. The fourth-order valence-corrected chi connectivity index (χ4v) is 5.36. The Morgan fingerprint density at radius 1 is 1.31 bits per heavy atom. The smallest absolute Gasteiger partial charge is 0.255 e. The van der Waals surface area contributed by atoms with Crippen LogP contribution in [0.15, 0.2) is 29.0 Å². The summed E-state index contributed by atoms with van der Waals surface area (Å²) >= 11 is 6.17. The molecule has 0 saturated heterocycles. The summed E-state index contributed by atoms with van der Waals surface area (Å²) in [7, 11) is 1.01. The highest BCUT2D eigenvalue weighted by Crippen LogP contribution is 2.56. The van der Waals surface area contributed by atoms with E-state index in [1.165, 1.54) is 6.07 Å². The van der Waals surface area contributed by atoms with Crippen molar-refractivity contribution >= 4 is 34.8 Å². The number of halogens is 1. The highest BCUT2D eigenvalue weighted by Gasteiger charge is 2.65. The Labute approximate surface area is 191 Å². The topological polar surface area (TPSA) is 182 Å². The SMILES string of the molecule is [2H]C([2H])([2H])N(C)[C@@H]1C(=O)C(C(N)=O)=C(O)[C@@]2(O)C(=O)C3=C(O)c4c(O)ccc(Cl)c4[C@@H](O)[C@H]3C[C@@H]12. The maximum atomic E-state index is 13.7. The van der Waals surface area contributed by atoms with Crippen molar-refractivity contribution in [1.82, 2.24) is 4.90 Å². The lowest BCUT2D eigenvalue weighted by Gasteiger charge is -2.51. The fourth-order valence-electron chi connectivity index (χ4n) is 5.09. The molecule has 0 aromatic heterocycles. The highest BCUT2D eigenvalue weighted by atomic mass is 35.5. The monoisotopic (exact) mass is 467 g/mol. The second-order valence-corrected chi connectivity index (χ2v) is 8.52. The van der Waals surface area contributed by atoms with E-state index < -0.39 is 88.9 Å². The molecule has 0 unspecified atom stereocenters. The molecule has 7 N–H and O–H groups in total. The molecule has 1 saturated carbocycles. The maximum absolute atomic E-state index is 13.7. The Balaban J connectivity index is 2.03. The van der Waals surface area contributed by atoms with Gasteiger partial charge in [-0.1, -0.05) is 11.6 Å². The minimum atomic E-state index is -3.05. The third-order valence-corrected chi connectivity index (χ3v) is 6.83. The van der Waals surface area contributed by atoms with E-state index >= 15 is 0 Å². The molecule has 11 heteroatoms. The van der Waals surface area contributed by atoms with Crippen molar-refractivity contribution in [2.45, 2.75) is 24.2 Å². The number of fused-ring (bicyclic) bond motifs is 3. The van der Waals surface area contributed by atoms with Crippen LogP contribution in [0.3, 0.4) is 0 Å². The number of nitrogens with zero attached hydrogens (tertiary/aromatic N) is 1. The number of rotatable bonds is 2. The molecule has 1 amide bonds. The predicted molar refractivity (Wildman–Crippen MR) is 111 cm³/mol. The van der Waals surface area contributed by atoms with Crippen LogP contribution >= 0.6 is 11.6 Å². The Hall–Kier alpha value is -2.92. The average Bonchev–Trinajstić information content (AvgIpc) is 2.74. The highest BCUT2D eigenvalue weighted by molar-refractivity contribution is 6.32. The number of primary amides is 1. The minimum Gasteiger partial charge on any atom is -0.508 e. The van der Waals surface area contributed by atoms with Gasteiger partial charge in [0.2, 0.25) is 5.78 Å². The normalized spacial score (nSPS) is 33.8.